The number of nitrogens with zero attached hydrogens (tertiary/aromatic N) is 3. The van der Waals surface area contributed by atoms with Crippen LogP contribution in [0.3, 0.4) is 0 Å². The summed E-state index contributed by atoms with van der Waals surface area (Å²) in [6, 6.07) is 5.60. The number of hydrogen-bond donors (Lipinski definition) is 0. The molecule has 1 aromatic heterocycles. The van der Waals surface area contributed by atoms with E-state index in [0.29, 0.717) is 17.3 Å². The normalized spacial score (nSPS) is 18.0. The van der Waals surface area contributed by atoms with E-state index >= 15 is 0 Å². The Morgan fingerprint density at radius 2 is 1.96 bits per heavy atom. The van der Waals surface area contributed by atoms with Gasteiger partial charge in [-0.05, 0) is 49.4 Å². The van der Waals surface area contributed by atoms with Gasteiger partial charge in [-0.1, -0.05) is 0 Å². The highest BCUT2D eigenvalue weighted by molar-refractivity contribution is 8.02. The van der Waals surface area contributed by atoms with Crippen molar-refractivity contribution in [3.63, 3.8) is 0 Å². The Morgan fingerprint density at radius 3 is 2.52 bits per heavy atom. The third kappa shape index (κ3) is 3.03. The summed E-state index contributed by atoms with van der Waals surface area (Å²) in [5.41, 5.74) is 1.18. The lowest BCUT2D eigenvalue weighted by Crippen LogP contribution is -2.16. The predicted molar refractivity (Wildman–Crippen MR) is 89.2 cm³/mol. The molecule has 0 saturated heterocycles. The molecule has 3 nitrogen and oxygen atoms in total. The topological polar surface area (TPSA) is 21.1 Å². The molecule has 1 fully saturated rings. The first-order valence-electron chi connectivity index (χ1n) is 7.87. The molecule has 1 aromatic carbocycles. The smallest absolute Gasteiger partial charge is 0.335 e. The molecule has 1 aliphatic carbocycles. The second-order valence-corrected chi connectivity index (χ2v) is 7.08. The highest BCUT2D eigenvalue weighted by atomic mass is 32.2. The van der Waals surface area contributed by atoms with E-state index in [9.17, 15) is 17.6 Å². The maximum absolute atomic E-state index is 14.7. The van der Waals surface area contributed by atoms with Crippen LogP contribution in [0.5, 0.6) is 0 Å². The summed E-state index contributed by atoms with van der Waals surface area (Å²) in [6.45, 7) is 1.93. The summed E-state index contributed by atoms with van der Waals surface area (Å²) in [4.78, 5) is 1.95. The second-order valence-electron chi connectivity index (χ2n) is 6.26. The minimum absolute atomic E-state index is 0.0165. The van der Waals surface area contributed by atoms with Gasteiger partial charge in [0.2, 0.25) is 0 Å². The zero-order valence-electron chi connectivity index (χ0n) is 13.3. The van der Waals surface area contributed by atoms with Gasteiger partial charge in [-0.3, -0.25) is 0 Å². The number of benzene rings is 1. The van der Waals surface area contributed by atoms with E-state index in [1.54, 1.807) is 17.8 Å². The molecular formula is C17H15F4N3S. The number of aromatic nitrogens is 2. The zero-order chi connectivity index (χ0) is 17.8. The van der Waals surface area contributed by atoms with Crippen molar-refractivity contribution in [3.8, 4) is 5.69 Å². The van der Waals surface area contributed by atoms with E-state index < -0.39 is 17.7 Å². The van der Waals surface area contributed by atoms with Crippen LogP contribution in [0.25, 0.3) is 5.69 Å². The van der Waals surface area contributed by atoms with Crippen molar-refractivity contribution in [1.82, 2.24) is 9.78 Å². The van der Waals surface area contributed by atoms with Gasteiger partial charge in [0.25, 0.3) is 0 Å². The third-order valence-electron chi connectivity index (χ3n) is 4.38. The van der Waals surface area contributed by atoms with Crippen molar-refractivity contribution in [3.05, 3.63) is 52.6 Å². The fourth-order valence-electron chi connectivity index (χ4n) is 2.91. The summed E-state index contributed by atoms with van der Waals surface area (Å²) >= 11 is 1.61. The number of alkyl halides is 3. The lowest BCUT2D eigenvalue weighted by Gasteiger charge is -2.20. The van der Waals surface area contributed by atoms with Gasteiger partial charge in [-0.2, -0.15) is 18.3 Å². The first-order chi connectivity index (χ1) is 11.8. The zero-order valence-corrected chi connectivity index (χ0v) is 14.2. The van der Waals surface area contributed by atoms with Crippen LogP contribution < -0.4 is 4.90 Å². The van der Waals surface area contributed by atoms with Gasteiger partial charge >= 0.3 is 6.18 Å². The largest absolute Gasteiger partial charge is 0.435 e. The lowest BCUT2D eigenvalue weighted by molar-refractivity contribution is -0.141. The minimum Gasteiger partial charge on any atom is -0.335 e. The standard InChI is InChI=1S/C17H15F4N3S/c1-10-8-25-9-23(10)12-4-5-14(13(18)6-12)24-15(11-2-3-11)7-16(22-24)17(19,20)21/h4-8,11H,2-3,9H2,1H3. The summed E-state index contributed by atoms with van der Waals surface area (Å²) < 4.78 is 54.8. The van der Waals surface area contributed by atoms with Crippen molar-refractivity contribution in [2.24, 2.45) is 0 Å². The summed E-state index contributed by atoms with van der Waals surface area (Å²) in [7, 11) is 0. The first-order valence-corrected chi connectivity index (χ1v) is 8.92. The number of hydrogen-bond acceptors (Lipinski definition) is 3. The number of rotatable bonds is 3. The molecule has 2 heterocycles. The Labute approximate surface area is 146 Å². The Hall–Kier alpha value is -1.96. The van der Waals surface area contributed by atoms with Crippen molar-refractivity contribution in [1.29, 1.82) is 0 Å². The molecule has 0 unspecified atom stereocenters. The molecule has 0 bridgehead atoms. The molecule has 0 spiro atoms. The maximum atomic E-state index is 14.7. The molecule has 25 heavy (non-hydrogen) atoms. The Kier molecular flexibility index (Phi) is 3.82. The molecule has 0 atom stereocenters. The van der Waals surface area contributed by atoms with E-state index in [1.807, 2.05) is 17.2 Å². The Balaban J connectivity index is 1.75. The molecule has 1 saturated carbocycles. The van der Waals surface area contributed by atoms with Crippen LogP contribution in [0.2, 0.25) is 0 Å². The van der Waals surface area contributed by atoms with Crippen LogP contribution >= 0.6 is 11.8 Å². The lowest BCUT2D eigenvalue weighted by atomic mass is 10.2. The minimum atomic E-state index is -4.54. The fourth-order valence-corrected chi connectivity index (χ4v) is 3.85. The van der Waals surface area contributed by atoms with Crippen LogP contribution in [0, 0.1) is 5.82 Å². The van der Waals surface area contributed by atoms with Crippen LogP contribution in [0.15, 0.2) is 35.4 Å². The second kappa shape index (κ2) is 5.79. The monoisotopic (exact) mass is 369 g/mol. The van der Waals surface area contributed by atoms with Crippen molar-refractivity contribution in [2.45, 2.75) is 31.9 Å². The van der Waals surface area contributed by atoms with Gasteiger partial charge in [-0.25, -0.2) is 9.07 Å². The summed E-state index contributed by atoms with van der Waals surface area (Å²) in [6.07, 6.45) is -2.94. The van der Waals surface area contributed by atoms with E-state index in [-0.39, 0.29) is 11.6 Å². The molecule has 0 amide bonds. The van der Waals surface area contributed by atoms with Gasteiger partial charge in [-0.15, -0.1) is 11.8 Å². The fraction of sp³-hybridized carbons (Fsp3) is 0.353. The Morgan fingerprint density at radius 1 is 1.20 bits per heavy atom. The van der Waals surface area contributed by atoms with Crippen molar-refractivity contribution < 1.29 is 17.6 Å². The number of allylic oxidation sites excluding steroid dienone is 1. The number of halogens is 4. The number of anilines is 1. The average molecular weight is 369 g/mol. The van der Waals surface area contributed by atoms with Gasteiger partial charge in [0.1, 0.15) is 5.69 Å². The maximum Gasteiger partial charge on any atom is 0.435 e. The van der Waals surface area contributed by atoms with Gasteiger partial charge in [0, 0.05) is 23.0 Å². The van der Waals surface area contributed by atoms with E-state index in [1.165, 1.54) is 12.1 Å². The third-order valence-corrected chi connectivity index (χ3v) is 5.29. The molecule has 8 heteroatoms. The summed E-state index contributed by atoms with van der Waals surface area (Å²) in [5.74, 6) is 0.126. The van der Waals surface area contributed by atoms with Gasteiger partial charge < -0.3 is 4.90 Å². The molecule has 2 aliphatic rings. The van der Waals surface area contributed by atoms with E-state index in [0.717, 1.165) is 29.3 Å². The molecule has 4 rings (SSSR count). The van der Waals surface area contributed by atoms with Crippen molar-refractivity contribution >= 4 is 17.4 Å². The number of thioether (sulfide) groups is 1. The molecule has 0 N–H and O–H groups in total. The SMILES string of the molecule is CC1=CSCN1c1ccc(-n2nc(C(F)(F)F)cc2C2CC2)c(F)c1. The highest BCUT2D eigenvalue weighted by Crippen LogP contribution is 2.43. The summed E-state index contributed by atoms with van der Waals surface area (Å²) in [5, 5.41) is 5.62. The Bertz CT molecular complexity index is 852. The van der Waals surface area contributed by atoms with E-state index in [4.69, 9.17) is 0 Å². The van der Waals surface area contributed by atoms with Gasteiger partial charge in [0.05, 0.1) is 5.88 Å². The van der Waals surface area contributed by atoms with E-state index in [2.05, 4.69) is 5.10 Å². The average Bonchev–Trinajstić information content (AvgIpc) is 3.13. The molecule has 132 valence electrons. The first kappa shape index (κ1) is 16.5. The van der Waals surface area contributed by atoms with Crippen LogP contribution in [0.1, 0.15) is 37.1 Å². The van der Waals surface area contributed by atoms with Crippen LogP contribution in [-0.2, 0) is 6.18 Å². The van der Waals surface area contributed by atoms with Crippen LogP contribution in [0.4, 0.5) is 23.2 Å². The highest BCUT2D eigenvalue weighted by Gasteiger charge is 2.38. The molecule has 0 radical (unpaired) electrons. The van der Waals surface area contributed by atoms with Gasteiger partial charge in [0.15, 0.2) is 11.5 Å². The quantitative estimate of drug-likeness (QED) is 0.687. The molecular weight excluding hydrogens is 354 g/mol. The molecule has 2 aromatic rings. The van der Waals surface area contributed by atoms with Crippen molar-refractivity contribution in [2.75, 3.05) is 10.8 Å². The van der Waals surface area contributed by atoms with Crippen LogP contribution in [-0.4, -0.2) is 15.7 Å². The molecule has 1 aliphatic heterocycles. The predicted octanol–water partition coefficient (Wildman–Crippen LogP) is 5.28.